The SMILES string of the molecule is CC1(C)CC1C(=O)Nc1ccc(C#CCN)cc1F. The van der Waals surface area contributed by atoms with Gasteiger partial charge in [-0.25, -0.2) is 4.39 Å². The number of hydrogen-bond acceptors (Lipinski definition) is 2. The largest absolute Gasteiger partial charge is 0.323 e. The minimum Gasteiger partial charge on any atom is -0.323 e. The quantitative estimate of drug-likeness (QED) is 0.800. The Hall–Kier alpha value is -1.86. The number of nitrogens with two attached hydrogens (primary N) is 1. The molecule has 0 heterocycles. The van der Waals surface area contributed by atoms with E-state index in [4.69, 9.17) is 5.73 Å². The average Bonchev–Trinajstić information content (AvgIpc) is 2.99. The van der Waals surface area contributed by atoms with Gasteiger partial charge in [-0.3, -0.25) is 4.79 Å². The van der Waals surface area contributed by atoms with Crippen molar-refractivity contribution in [3.05, 3.63) is 29.6 Å². The summed E-state index contributed by atoms with van der Waals surface area (Å²) >= 11 is 0. The molecule has 0 radical (unpaired) electrons. The highest BCUT2D eigenvalue weighted by Crippen LogP contribution is 2.52. The Morgan fingerprint density at radius 3 is 2.79 bits per heavy atom. The maximum Gasteiger partial charge on any atom is 0.228 e. The number of amides is 1. The van der Waals surface area contributed by atoms with E-state index in [0.717, 1.165) is 6.42 Å². The van der Waals surface area contributed by atoms with Crippen LogP contribution in [0.15, 0.2) is 18.2 Å². The first-order chi connectivity index (χ1) is 8.94. The predicted molar refractivity (Wildman–Crippen MR) is 72.9 cm³/mol. The van der Waals surface area contributed by atoms with Crippen molar-refractivity contribution in [2.75, 3.05) is 11.9 Å². The smallest absolute Gasteiger partial charge is 0.228 e. The van der Waals surface area contributed by atoms with Gasteiger partial charge < -0.3 is 11.1 Å². The number of hydrogen-bond donors (Lipinski definition) is 2. The summed E-state index contributed by atoms with van der Waals surface area (Å²) in [7, 11) is 0. The van der Waals surface area contributed by atoms with Crippen LogP contribution in [0.1, 0.15) is 25.8 Å². The Kier molecular flexibility index (Phi) is 3.59. The highest BCUT2D eigenvalue weighted by Gasteiger charge is 2.50. The summed E-state index contributed by atoms with van der Waals surface area (Å²) in [5, 5.41) is 2.62. The van der Waals surface area contributed by atoms with Gasteiger partial charge in [0.25, 0.3) is 0 Å². The topological polar surface area (TPSA) is 55.1 Å². The van der Waals surface area contributed by atoms with Crippen molar-refractivity contribution in [3.63, 3.8) is 0 Å². The lowest BCUT2D eigenvalue weighted by atomic mass is 10.1. The molecular formula is C15H17FN2O. The summed E-state index contributed by atoms with van der Waals surface area (Å²) in [5.41, 5.74) is 6.04. The molecule has 4 heteroatoms. The molecule has 1 unspecified atom stereocenters. The van der Waals surface area contributed by atoms with E-state index in [0.29, 0.717) is 5.56 Å². The van der Waals surface area contributed by atoms with Gasteiger partial charge in [0.05, 0.1) is 12.2 Å². The van der Waals surface area contributed by atoms with Crippen LogP contribution in [0, 0.1) is 29.0 Å². The first-order valence-corrected chi connectivity index (χ1v) is 6.23. The van der Waals surface area contributed by atoms with Gasteiger partial charge in [-0.2, -0.15) is 0 Å². The average molecular weight is 260 g/mol. The molecule has 1 atom stereocenters. The Labute approximate surface area is 112 Å². The Morgan fingerprint density at radius 1 is 1.58 bits per heavy atom. The molecule has 1 aliphatic rings. The van der Waals surface area contributed by atoms with E-state index in [1.54, 1.807) is 6.07 Å². The Balaban J connectivity index is 2.07. The van der Waals surface area contributed by atoms with Crippen LogP contribution in [-0.4, -0.2) is 12.5 Å². The van der Waals surface area contributed by atoms with E-state index in [2.05, 4.69) is 17.2 Å². The molecule has 3 N–H and O–H groups in total. The molecule has 2 rings (SSSR count). The predicted octanol–water partition coefficient (Wildman–Crippen LogP) is 2.12. The van der Waals surface area contributed by atoms with E-state index >= 15 is 0 Å². The van der Waals surface area contributed by atoms with Crippen LogP contribution in [0.5, 0.6) is 0 Å². The van der Waals surface area contributed by atoms with E-state index in [9.17, 15) is 9.18 Å². The molecule has 19 heavy (non-hydrogen) atoms. The molecule has 0 bridgehead atoms. The van der Waals surface area contributed by atoms with Gasteiger partial charge >= 0.3 is 0 Å². The van der Waals surface area contributed by atoms with E-state index < -0.39 is 5.82 Å². The summed E-state index contributed by atoms with van der Waals surface area (Å²) in [6.07, 6.45) is 0.848. The number of rotatable bonds is 2. The number of carbonyl (C=O) groups is 1. The second kappa shape index (κ2) is 5.02. The summed E-state index contributed by atoms with van der Waals surface area (Å²) in [5.74, 6) is 4.78. The molecule has 0 saturated heterocycles. The Morgan fingerprint density at radius 2 is 2.26 bits per heavy atom. The lowest BCUT2D eigenvalue weighted by Gasteiger charge is -2.07. The van der Waals surface area contributed by atoms with E-state index in [1.165, 1.54) is 12.1 Å². The van der Waals surface area contributed by atoms with Crippen molar-refractivity contribution in [1.29, 1.82) is 0 Å². The normalized spacial score (nSPS) is 19.3. The number of halogens is 1. The molecule has 0 aliphatic heterocycles. The maximum absolute atomic E-state index is 13.8. The van der Waals surface area contributed by atoms with Crippen LogP contribution in [-0.2, 0) is 4.79 Å². The van der Waals surface area contributed by atoms with Crippen LogP contribution in [0.2, 0.25) is 0 Å². The summed E-state index contributed by atoms with van der Waals surface area (Å²) in [6.45, 7) is 4.29. The number of nitrogens with one attached hydrogen (secondary N) is 1. The number of carbonyl (C=O) groups excluding carboxylic acids is 1. The fourth-order valence-electron chi connectivity index (χ4n) is 1.98. The zero-order valence-electron chi connectivity index (χ0n) is 11.1. The zero-order chi connectivity index (χ0) is 14.0. The minimum atomic E-state index is -0.476. The number of benzene rings is 1. The van der Waals surface area contributed by atoms with Crippen molar-refractivity contribution in [2.45, 2.75) is 20.3 Å². The van der Waals surface area contributed by atoms with Crippen molar-refractivity contribution < 1.29 is 9.18 Å². The first-order valence-electron chi connectivity index (χ1n) is 6.23. The molecule has 0 spiro atoms. The third kappa shape index (κ3) is 3.12. The van der Waals surface area contributed by atoms with Gasteiger partial charge in [-0.1, -0.05) is 25.7 Å². The van der Waals surface area contributed by atoms with Gasteiger partial charge in [0.1, 0.15) is 5.82 Å². The van der Waals surface area contributed by atoms with Crippen molar-refractivity contribution >= 4 is 11.6 Å². The lowest BCUT2D eigenvalue weighted by molar-refractivity contribution is -0.118. The molecule has 1 amide bonds. The third-order valence-corrected chi connectivity index (χ3v) is 3.39. The monoisotopic (exact) mass is 260 g/mol. The number of anilines is 1. The van der Waals surface area contributed by atoms with Gasteiger partial charge in [-0.05, 0) is 30.0 Å². The lowest BCUT2D eigenvalue weighted by Crippen LogP contribution is -2.17. The Bertz CT molecular complexity index is 569. The molecule has 1 aliphatic carbocycles. The molecule has 1 aromatic rings. The highest BCUT2D eigenvalue weighted by atomic mass is 19.1. The molecule has 100 valence electrons. The van der Waals surface area contributed by atoms with Crippen LogP contribution >= 0.6 is 0 Å². The van der Waals surface area contributed by atoms with Gasteiger partial charge in [0, 0.05) is 11.5 Å². The van der Waals surface area contributed by atoms with Crippen molar-refractivity contribution in [3.8, 4) is 11.8 Å². The molecular weight excluding hydrogens is 243 g/mol. The maximum atomic E-state index is 13.8. The third-order valence-electron chi connectivity index (χ3n) is 3.39. The van der Waals surface area contributed by atoms with Crippen molar-refractivity contribution in [2.24, 2.45) is 17.1 Å². The highest BCUT2D eigenvalue weighted by molar-refractivity contribution is 5.95. The second-order valence-corrected chi connectivity index (χ2v) is 5.44. The van der Waals surface area contributed by atoms with Gasteiger partial charge in [0.15, 0.2) is 0 Å². The van der Waals surface area contributed by atoms with Gasteiger partial charge in [0.2, 0.25) is 5.91 Å². The molecule has 1 saturated carbocycles. The fraction of sp³-hybridized carbons (Fsp3) is 0.400. The minimum absolute atomic E-state index is 0.0244. The van der Waals surface area contributed by atoms with Crippen LogP contribution in [0.3, 0.4) is 0 Å². The van der Waals surface area contributed by atoms with E-state index in [-0.39, 0.29) is 29.5 Å². The zero-order valence-corrected chi connectivity index (χ0v) is 11.1. The second-order valence-electron chi connectivity index (χ2n) is 5.44. The molecule has 0 aromatic heterocycles. The van der Waals surface area contributed by atoms with Crippen LogP contribution in [0.4, 0.5) is 10.1 Å². The van der Waals surface area contributed by atoms with E-state index in [1.807, 2.05) is 13.8 Å². The molecule has 1 aromatic carbocycles. The fourth-order valence-corrected chi connectivity index (χ4v) is 1.98. The first kappa shape index (κ1) is 13.6. The van der Waals surface area contributed by atoms with Crippen LogP contribution < -0.4 is 11.1 Å². The summed E-state index contributed by atoms with van der Waals surface area (Å²) in [4.78, 5) is 11.9. The summed E-state index contributed by atoms with van der Waals surface area (Å²) in [6, 6.07) is 4.50. The summed E-state index contributed by atoms with van der Waals surface area (Å²) < 4.78 is 13.8. The van der Waals surface area contributed by atoms with Crippen LogP contribution in [0.25, 0.3) is 0 Å². The molecule has 3 nitrogen and oxygen atoms in total. The standard InChI is InChI=1S/C15H17FN2O/c1-15(2)9-11(15)14(19)18-13-6-5-10(4-3-7-17)8-12(13)16/h5-6,8,11H,7,9,17H2,1-2H3,(H,18,19). The van der Waals surface area contributed by atoms with Gasteiger partial charge in [-0.15, -0.1) is 0 Å². The van der Waals surface area contributed by atoms with Crippen molar-refractivity contribution in [1.82, 2.24) is 0 Å². The molecule has 1 fully saturated rings.